The average Bonchev–Trinajstić information content (AvgIpc) is 2.72. The summed E-state index contributed by atoms with van der Waals surface area (Å²) < 4.78 is 14.4. The maximum atomic E-state index is 13.9. The first-order chi connectivity index (χ1) is 10.4. The third-order valence-electron chi connectivity index (χ3n) is 3.71. The van der Waals surface area contributed by atoms with Gasteiger partial charge in [-0.05, 0) is 29.3 Å². The summed E-state index contributed by atoms with van der Waals surface area (Å²) in [5.41, 5.74) is 5.56. The minimum absolute atomic E-state index is 0.106. The van der Waals surface area contributed by atoms with Gasteiger partial charge >= 0.3 is 0 Å². The van der Waals surface area contributed by atoms with Crippen molar-refractivity contribution in [3.63, 3.8) is 0 Å². The molecule has 1 atom stereocenters. The largest absolute Gasteiger partial charge is 0.369 e. The molecule has 0 radical (unpaired) electrons. The smallest absolute Gasteiger partial charge is 0.266 e. The van der Waals surface area contributed by atoms with E-state index in [2.05, 4.69) is 20.9 Å². The zero-order chi connectivity index (χ0) is 15.9. The standard InChI is InChI=1S/C16H13BrFN3O/c1-21-14(22)16(20-15(21)19,10-5-3-2-4-6-10)11-7-12(17)9-13(18)8-11/h2-9H,1H3,(H2,19,20). The van der Waals surface area contributed by atoms with E-state index in [9.17, 15) is 9.18 Å². The maximum absolute atomic E-state index is 13.9. The number of likely N-dealkylation sites (N-methyl/N-ethyl adjacent to an activating group) is 1. The number of halogens is 2. The van der Waals surface area contributed by atoms with Crippen LogP contribution in [0.25, 0.3) is 0 Å². The molecule has 112 valence electrons. The van der Waals surface area contributed by atoms with E-state index < -0.39 is 11.4 Å². The molecule has 0 fully saturated rings. The second-order valence-corrected chi connectivity index (χ2v) is 5.98. The van der Waals surface area contributed by atoms with E-state index in [0.29, 0.717) is 15.6 Å². The molecular weight excluding hydrogens is 349 g/mol. The van der Waals surface area contributed by atoms with Crippen LogP contribution >= 0.6 is 15.9 Å². The average molecular weight is 362 g/mol. The molecule has 6 heteroatoms. The van der Waals surface area contributed by atoms with Gasteiger partial charge in [-0.2, -0.15) is 0 Å². The number of nitrogens with zero attached hydrogens (tertiary/aromatic N) is 2. The van der Waals surface area contributed by atoms with Crippen LogP contribution in [0.1, 0.15) is 11.1 Å². The van der Waals surface area contributed by atoms with Crippen LogP contribution in [0.5, 0.6) is 0 Å². The number of hydrogen-bond acceptors (Lipinski definition) is 3. The lowest BCUT2D eigenvalue weighted by molar-refractivity contribution is -0.129. The van der Waals surface area contributed by atoms with Crippen LogP contribution < -0.4 is 5.73 Å². The molecule has 4 nitrogen and oxygen atoms in total. The van der Waals surface area contributed by atoms with Crippen molar-refractivity contribution in [3.05, 3.63) is 69.9 Å². The summed E-state index contributed by atoms with van der Waals surface area (Å²) in [5.74, 6) is -0.654. The Hall–Kier alpha value is -2.21. The van der Waals surface area contributed by atoms with Gasteiger partial charge in [-0.1, -0.05) is 46.3 Å². The molecule has 1 amide bonds. The van der Waals surface area contributed by atoms with Crippen LogP contribution in [0.3, 0.4) is 0 Å². The van der Waals surface area contributed by atoms with E-state index in [1.54, 1.807) is 25.2 Å². The Morgan fingerprint density at radius 2 is 1.86 bits per heavy atom. The number of carbonyl (C=O) groups excluding carboxylic acids is 1. The Morgan fingerprint density at radius 3 is 2.41 bits per heavy atom. The van der Waals surface area contributed by atoms with Gasteiger partial charge in [0.1, 0.15) is 5.82 Å². The Morgan fingerprint density at radius 1 is 1.18 bits per heavy atom. The molecular formula is C16H13BrFN3O. The van der Waals surface area contributed by atoms with Crippen molar-refractivity contribution < 1.29 is 9.18 Å². The van der Waals surface area contributed by atoms with Gasteiger partial charge in [0, 0.05) is 11.5 Å². The van der Waals surface area contributed by atoms with Gasteiger partial charge in [-0.25, -0.2) is 9.38 Å². The van der Waals surface area contributed by atoms with E-state index >= 15 is 0 Å². The number of aliphatic imine (C=N–C) groups is 1. The highest BCUT2D eigenvalue weighted by Crippen LogP contribution is 2.40. The summed E-state index contributed by atoms with van der Waals surface area (Å²) in [6, 6.07) is 13.4. The predicted molar refractivity (Wildman–Crippen MR) is 85.7 cm³/mol. The topological polar surface area (TPSA) is 58.7 Å². The number of benzene rings is 2. The Bertz CT molecular complexity index is 758. The lowest BCUT2D eigenvalue weighted by Crippen LogP contribution is -2.41. The molecule has 0 aromatic heterocycles. The molecule has 0 saturated carbocycles. The molecule has 0 spiro atoms. The maximum Gasteiger partial charge on any atom is 0.266 e. The number of amides is 1. The van der Waals surface area contributed by atoms with Gasteiger partial charge in [0.2, 0.25) is 0 Å². The lowest BCUT2D eigenvalue weighted by Gasteiger charge is -2.26. The number of nitrogens with two attached hydrogens (primary N) is 1. The second kappa shape index (κ2) is 5.21. The van der Waals surface area contributed by atoms with Crippen molar-refractivity contribution in [3.8, 4) is 0 Å². The first-order valence-corrected chi connectivity index (χ1v) is 7.40. The quantitative estimate of drug-likeness (QED) is 0.893. The van der Waals surface area contributed by atoms with Crippen molar-refractivity contribution in [2.24, 2.45) is 10.7 Å². The molecule has 3 rings (SSSR count). The molecule has 1 aliphatic heterocycles. The molecule has 0 aliphatic carbocycles. The van der Waals surface area contributed by atoms with Crippen molar-refractivity contribution >= 4 is 27.8 Å². The van der Waals surface area contributed by atoms with Crippen molar-refractivity contribution in [1.82, 2.24) is 4.90 Å². The fourth-order valence-electron chi connectivity index (χ4n) is 2.63. The summed E-state index contributed by atoms with van der Waals surface area (Å²) in [6.45, 7) is 0. The minimum Gasteiger partial charge on any atom is -0.369 e. The van der Waals surface area contributed by atoms with Gasteiger partial charge in [0.25, 0.3) is 5.91 Å². The molecule has 1 unspecified atom stereocenters. The van der Waals surface area contributed by atoms with Crippen molar-refractivity contribution in [1.29, 1.82) is 0 Å². The Labute approximate surface area is 135 Å². The number of carbonyl (C=O) groups is 1. The van der Waals surface area contributed by atoms with Crippen LogP contribution in [0.2, 0.25) is 0 Å². The summed E-state index contributed by atoms with van der Waals surface area (Å²) in [6.07, 6.45) is 0. The van der Waals surface area contributed by atoms with E-state index in [1.165, 1.54) is 17.0 Å². The Balaban J connectivity index is 2.32. The molecule has 2 aromatic carbocycles. The van der Waals surface area contributed by atoms with Crippen LogP contribution in [0.4, 0.5) is 4.39 Å². The van der Waals surface area contributed by atoms with Crippen molar-refractivity contribution in [2.45, 2.75) is 5.54 Å². The summed E-state index contributed by atoms with van der Waals surface area (Å²) in [5, 5.41) is 0. The fourth-order valence-corrected chi connectivity index (χ4v) is 3.09. The highest BCUT2D eigenvalue weighted by molar-refractivity contribution is 9.10. The van der Waals surface area contributed by atoms with Crippen LogP contribution in [-0.4, -0.2) is 23.8 Å². The van der Waals surface area contributed by atoms with Crippen LogP contribution in [0, 0.1) is 5.82 Å². The first kappa shape index (κ1) is 14.7. The van der Waals surface area contributed by atoms with Gasteiger partial charge in [0.05, 0.1) is 0 Å². The molecule has 22 heavy (non-hydrogen) atoms. The molecule has 1 heterocycles. The van der Waals surface area contributed by atoms with Gasteiger partial charge in [0.15, 0.2) is 11.5 Å². The zero-order valence-corrected chi connectivity index (χ0v) is 13.3. The summed E-state index contributed by atoms with van der Waals surface area (Å²) in [7, 11) is 1.56. The highest BCUT2D eigenvalue weighted by atomic mass is 79.9. The minimum atomic E-state index is -1.36. The SMILES string of the molecule is CN1C(=O)C(c2ccccc2)(c2cc(F)cc(Br)c2)N=C1N. The fraction of sp³-hybridized carbons (Fsp3) is 0.125. The molecule has 1 aliphatic rings. The predicted octanol–water partition coefficient (Wildman–Crippen LogP) is 2.62. The van der Waals surface area contributed by atoms with E-state index in [1.807, 2.05) is 18.2 Å². The molecule has 2 aromatic rings. The van der Waals surface area contributed by atoms with E-state index in [0.717, 1.165) is 0 Å². The monoisotopic (exact) mass is 361 g/mol. The van der Waals surface area contributed by atoms with Crippen LogP contribution in [-0.2, 0) is 10.3 Å². The zero-order valence-electron chi connectivity index (χ0n) is 11.8. The number of guanidine groups is 1. The second-order valence-electron chi connectivity index (χ2n) is 5.07. The first-order valence-electron chi connectivity index (χ1n) is 6.61. The van der Waals surface area contributed by atoms with Gasteiger partial charge in [-0.15, -0.1) is 0 Å². The number of rotatable bonds is 2. The van der Waals surface area contributed by atoms with E-state index in [-0.39, 0.29) is 11.9 Å². The number of hydrogen-bond donors (Lipinski definition) is 1. The van der Waals surface area contributed by atoms with Crippen LogP contribution in [0.15, 0.2) is 58.0 Å². The highest BCUT2D eigenvalue weighted by Gasteiger charge is 2.49. The Kier molecular flexibility index (Phi) is 3.48. The summed E-state index contributed by atoms with van der Waals surface area (Å²) in [4.78, 5) is 18.5. The molecule has 2 N–H and O–H groups in total. The molecule has 0 saturated heterocycles. The van der Waals surface area contributed by atoms with Gasteiger partial charge < -0.3 is 5.73 Å². The summed E-state index contributed by atoms with van der Waals surface area (Å²) >= 11 is 3.26. The van der Waals surface area contributed by atoms with Crippen molar-refractivity contribution in [2.75, 3.05) is 7.05 Å². The molecule has 0 bridgehead atoms. The lowest BCUT2D eigenvalue weighted by atomic mass is 9.83. The third-order valence-corrected chi connectivity index (χ3v) is 4.17. The van der Waals surface area contributed by atoms with E-state index in [4.69, 9.17) is 5.73 Å². The normalized spacial score (nSPS) is 21.1. The van der Waals surface area contributed by atoms with Gasteiger partial charge in [-0.3, -0.25) is 9.69 Å². The third kappa shape index (κ3) is 2.11.